The third-order valence-electron chi connectivity index (χ3n) is 5.20. The van der Waals surface area contributed by atoms with E-state index >= 15 is 0 Å². The van der Waals surface area contributed by atoms with Crippen LogP contribution in [0.2, 0.25) is 0 Å². The van der Waals surface area contributed by atoms with Gasteiger partial charge in [-0.1, -0.05) is 6.92 Å². The van der Waals surface area contributed by atoms with Crippen LogP contribution in [0.4, 0.5) is 17.6 Å². The third-order valence-corrected chi connectivity index (χ3v) is 5.40. The molecule has 0 unspecified atom stereocenters. The summed E-state index contributed by atoms with van der Waals surface area (Å²) in [7, 11) is 0. The zero-order valence-electron chi connectivity index (χ0n) is 17.2. The van der Waals surface area contributed by atoms with Gasteiger partial charge in [0, 0.05) is 37.8 Å². The molecular formula is C20H34N6S. The van der Waals surface area contributed by atoms with Gasteiger partial charge in [-0.05, 0) is 71.0 Å². The fourth-order valence-electron chi connectivity index (χ4n) is 3.64. The number of hydrogen-bond acceptors (Lipinski definition) is 5. The van der Waals surface area contributed by atoms with E-state index < -0.39 is 0 Å². The maximum Gasteiger partial charge on any atom is 0.232 e. The lowest BCUT2D eigenvalue weighted by Crippen LogP contribution is -2.43. The molecule has 0 aliphatic carbocycles. The highest BCUT2D eigenvalue weighted by molar-refractivity contribution is 7.80. The number of rotatable bonds is 3. The first-order valence-electron chi connectivity index (χ1n) is 10.3. The van der Waals surface area contributed by atoms with Crippen molar-refractivity contribution >= 4 is 34.9 Å². The minimum absolute atomic E-state index is 0.0968. The summed E-state index contributed by atoms with van der Waals surface area (Å²) in [4.78, 5) is 14.4. The topological polar surface area (TPSA) is 56.3 Å². The summed E-state index contributed by atoms with van der Waals surface area (Å²) >= 11 is 5.47. The van der Waals surface area contributed by atoms with Gasteiger partial charge in [-0.15, -0.1) is 0 Å². The van der Waals surface area contributed by atoms with Crippen molar-refractivity contribution in [1.82, 2.24) is 15.3 Å². The molecule has 0 amide bonds. The first-order valence-corrected chi connectivity index (χ1v) is 10.7. The largest absolute Gasteiger partial charge is 0.358 e. The summed E-state index contributed by atoms with van der Waals surface area (Å²) in [5, 5.41) is 7.06. The van der Waals surface area contributed by atoms with Crippen molar-refractivity contribution in [2.24, 2.45) is 5.92 Å². The first kappa shape index (κ1) is 20.1. The Morgan fingerprint density at radius 3 is 2.11 bits per heavy atom. The van der Waals surface area contributed by atoms with Gasteiger partial charge < -0.3 is 20.4 Å². The highest BCUT2D eigenvalue weighted by atomic mass is 32.1. The smallest absolute Gasteiger partial charge is 0.232 e. The van der Waals surface area contributed by atoms with Gasteiger partial charge in [0.25, 0.3) is 0 Å². The Balaban J connectivity index is 1.82. The molecule has 1 aromatic rings. The van der Waals surface area contributed by atoms with Crippen LogP contribution in [-0.4, -0.2) is 46.8 Å². The Kier molecular flexibility index (Phi) is 6.40. The van der Waals surface area contributed by atoms with Crippen LogP contribution < -0.4 is 20.4 Å². The van der Waals surface area contributed by atoms with Gasteiger partial charge >= 0.3 is 0 Å². The van der Waals surface area contributed by atoms with Gasteiger partial charge in [-0.25, -0.2) is 0 Å². The van der Waals surface area contributed by atoms with E-state index in [0.717, 1.165) is 43.7 Å². The number of nitrogens with one attached hydrogen (secondary N) is 2. The summed E-state index contributed by atoms with van der Waals surface area (Å²) in [5.41, 5.74) is -0.0968. The van der Waals surface area contributed by atoms with Crippen molar-refractivity contribution in [3.05, 3.63) is 6.07 Å². The maximum absolute atomic E-state index is 5.47. The molecule has 6 nitrogen and oxygen atoms in total. The van der Waals surface area contributed by atoms with Gasteiger partial charge in [0.15, 0.2) is 5.11 Å². The van der Waals surface area contributed by atoms with E-state index in [1.54, 1.807) is 0 Å². The van der Waals surface area contributed by atoms with Crippen LogP contribution in [0.5, 0.6) is 0 Å². The quantitative estimate of drug-likeness (QED) is 0.762. The molecule has 2 saturated heterocycles. The molecule has 2 fully saturated rings. The fraction of sp³-hybridized carbons (Fsp3) is 0.750. The number of aromatic nitrogens is 2. The van der Waals surface area contributed by atoms with Crippen molar-refractivity contribution in [2.45, 2.75) is 65.3 Å². The van der Waals surface area contributed by atoms with Gasteiger partial charge in [0.2, 0.25) is 5.95 Å². The molecule has 2 N–H and O–H groups in total. The molecule has 7 heteroatoms. The van der Waals surface area contributed by atoms with Crippen LogP contribution in [0.15, 0.2) is 6.07 Å². The molecule has 27 heavy (non-hydrogen) atoms. The zero-order chi connectivity index (χ0) is 19.4. The second-order valence-electron chi connectivity index (χ2n) is 8.95. The normalized spacial score (nSPS) is 19.1. The SMILES string of the molecule is CC1CCN(c2cc(N3CCCCC3)nc(NC(=S)NC(C)(C)C)n2)CC1. The Bertz CT molecular complexity index is 642. The van der Waals surface area contributed by atoms with Crippen LogP contribution >= 0.6 is 12.2 Å². The lowest BCUT2D eigenvalue weighted by molar-refractivity contribution is 0.436. The predicted molar refractivity (Wildman–Crippen MR) is 118 cm³/mol. The number of thiocarbonyl (C=S) groups is 1. The van der Waals surface area contributed by atoms with E-state index in [-0.39, 0.29) is 5.54 Å². The van der Waals surface area contributed by atoms with Gasteiger partial charge in [0.1, 0.15) is 11.6 Å². The van der Waals surface area contributed by atoms with Crippen molar-refractivity contribution in [2.75, 3.05) is 41.3 Å². The van der Waals surface area contributed by atoms with Gasteiger partial charge in [-0.2, -0.15) is 9.97 Å². The zero-order valence-corrected chi connectivity index (χ0v) is 18.0. The molecule has 2 aliphatic heterocycles. The Hall–Kier alpha value is -1.63. The van der Waals surface area contributed by atoms with Crippen molar-refractivity contribution in [1.29, 1.82) is 0 Å². The fourth-order valence-corrected chi connectivity index (χ4v) is 4.03. The van der Waals surface area contributed by atoms with E-state index in [1.165, 1.54) is 32.1 Å². The van der Waals surface area contributed by atoms with Crippen molar-refractivity contribution in [3.63, 3.8) is 0 Å². The Morgan fingerprint density at radius 2 is 1.56 bits per heavy atom. The van der Waals surface area contributed by atoms with Crippen LogP contribution in [0.3, 0.4) is 0 Å². The summed E-state index contributed by atoms with van der Waals surface area (Å²) in [5.74, 6) is 3.41. The number of nitrogens with zero attached hydrogens (tertiary/aromatic N) is 4. The lowest BCUT2D eigenvalue weighted by Gasteiger charge is -2.33. The van der Waals surface area contributed by atoms with E-state index in [2.05, 4.69) is 54.2 Å². The number of piperidine rings is 2. The highest BCUT2D eigenvalue weighted by Crippen LogP contribution is 2.27. The van der Waals surface area contributed by atoms with Crippen LogP contribution in [0.1, 0.15) is 59.8 Å². The molecule has 1 aromatic heterocycles. The number of hydrogen-bond donors (Lipinski definition) is 2. The average molecular weight is 391 g/mol. The lowest BCUT2D eigenvalue weighted by atomic mass is 9.99. The number of anilines is 3. The molecule has 0 saturated carbocycles. The highest BCUT2D eigenvalue weighted by Gasteiger charge is 2.21. The second kappa shape index (κ2) is 8.59. The first-order chi connectivity index (χ1) is 12.8. The van der Waals surface area contributed by atoms with Gasteiger partial charge in [0.05, 0.1) is 0 Å². The van der Waals surface area contributed by atoms with Crippen LogP contribution in [0.25, 0.3) is 0 Å². The van der Waals surface area contributed by atoms with Gasteiger partial charge in [-0.3, -0.25) is 0 Å². The average Bonchev–Trinajstić information content (AvgIpc) is 2.61. The molecular weight excluding hydrogens is 356 g/mol. The Morgan fingerprint density at radius 1 is 1.00 bits per heavy atom. The molecule has 150 valence electrons. The van der Waals surface area contributed by atoms with Crippen molar-refractivity contribution in [3.8, 4) is 0 Å². The molecule has 2 aliphatic rings. The second-order valence-corrected chi connectivity index (χ2v) is 9.36. The van der Waals surface area contributed by atoms with E-state index in [1.807, 2.05) is 0 Å². The molecule has 0 atom stereocenters. The molecule has 3 rings (SSSR count). The minimum Gasteiger partial charge on any atom is -0.358 e. The minimum atomic E-state index is -0.0968. The third kappa shape index (κ3) is 5.92. The standard InChI is InChI=1S/C20H34N6S/c1-15-8-12-26(13-9-15)17-14-16(25-10-6-5-7-11-25)21-18(22-17)23-19(27)24-20(2,3)4/h14-15H,5-13H2,1-4H3,(H2,21,22,23,24,27). The van der Waals surface area contributed by atoms with E-state index in [4.69, 9.17) is 22.2 Å². The van der Waals surface area contributed by atoms with E-state index in [0.29, 0.717) is 11.1 Å². The maximum atomic E-state index is 5.47. The summed E-state index contributed by atoms with van der Waals surface area (Å²) in [6.07, 6.45) is 6.20. The molecule has 0 aromatic carbocycles. The molecule has 3 heterocycles. The summed E-state index contributed by atoms with van der Waals surface area (Å²) in [6.45, 7) is 12.9. The monoisotopic (exact) mass is 390 g/mol. The molecule has 0 radical (unpaired) electrons. The Labute approximate surface area is 169 Å². The van der Waals surface area contributed by atoms with Crippen LogP contribution in [-0.2, 0) is 0 Å². The predicted octanol–water partition coefficient (Wildman–Crippen LogP) is 3.79. The van der Waals surface area contributed by atoms with Crippen molar-refractivity contribution < 1.29 is 0 Å². The summed E-state index contributed by atoms with van der Waals surface area (Å²) < 4.78 is 0. The summed E-state index contributed by atoms with van der Waals surface area (Å²) in [6, 6.07) is 2.16. The molecule has 0 bridgehead atoms. The molecule has 0 spiro atoms. The van der Waals surface area contributed by atoms with Crippen LogP contribution in [0, 0.1) is 5.92 Å². The van der Waals surface area contributed by atoms with E-state index in [9.17, 15) is 0 Å².